The molecule has 0 atom stereocenters. The van der Waals surface area contributed by atoms with Crippen molar-refractivity contribution in [3.8, 4) is 5.75 Å². The van der Waals surface area contributed by atoms with Crippen LogP contribution in [-0.4, -0.2) is 25.3 Å². The summed E-state index contributed by atoms with van der Waals surface area (Å²) in [4.78, 5) is 0. The molecule has 1 aromatic carbocycles. The lowest BCUT2D eigenvalue weighted by molar-refractivity contribution is 0.304. The Bertz CT molecular complexity index is 508. The minimum Gasteiger partial charge on any atom is -0.748 e. The highest BCUT2D eigenvalue weighted by atomic mass is 32.2. The lowest BCUT2D eigenvalue weighted by atomic mass is 10.1. The quantitative estimate of drug-likeness (QED) is 0.396. The molecule has 0 fully saturated rings. The van der Waals surface area contributed by atoms with Crippen LogP contribution in [0, 0.1) is 0 Å². The highest BCUT2D eigenvalue weighted by molar-refractivity contribution is 7.85. The van der Waals surface area contributed by atoms with Gasteiger partial charge in [0.2, 0.25) is 0 Å². The zero-order valence-electron chi connectivity index (χ0n) is 14.1. The molecule has 0 aliphatic carbocycles. The molecule has 0 spiro atoms. The van der Waals surface area contributed by atoms with Crippen molar-refractivity contribution in [1.82, 2.24) is 0 Å². The second-order valence-corrected chi connectivity index (χ2v) is 7.50. The van der Waals surface area contributed by atoms with E-state index in [9.17, 15) is 13.0 Å². The Morgan fingerprint density at radius 1 is 0.913 bits per heavy atom. The molecule has 0 amide bonds. The maximum Gasteiger partial charge on any atom is 0.119 e. The highest BCUT2D eigenvalue weighted by Gasteiger charge is 1.99. The van der Waals surface area contributed by atoms with E-state index in [-0.39, 0.29) is 5.75 Å². The predicted octanol–water partition coefficient (Wildman–Crippen LogP) is 4.29. The van der Waals surface area contributed by atoms with E-state index in [0.717, 1.165) is 24.3 Å². The van der Waals surface area contributed by atoms with Gasteiger partial charge in [0.25, 0.3) is 0 Å². The van der Waals surface area contributed by atoms with Gasteiger partial charge in [-0.25, -0.2) is 8.42 Å². The SMILES string of the molecule is CCCCCCCCCOc1ccc(CCCS(=O)(=O)[O-])cc1. The molecule has 5 heteroatoms. The van der Waals surface area contributed by atoms with Gasteiger partial charge in [-0.1, -0.05) is 57.6 Å². The van der Waals surface area contributed by atoms with Gasteiger partial charge in [0.05, 0.1) is 16.7 Å². The first kappa shape index (κ1) is 20.0. The fourth-order valence-electron chi connectivity index (χ4n) is 2.45. The van der Waals surface area contributed by atoms with Crippen LogP contribution in [-0.2, 0) is 16.5 Å². The number of unbranched alkanes of at least 4 members (excludes halogenated alkanes) is 6. The van der Waals surface area contributed by atoms with Gasteiger partial charge >= 0.3 is 0 Å². The average Bonchev–Trinajstić information content (AvgIpc) is 2.50. The lowest BCUT2D eigenvalue weighted by Crippen LogP contribution is -2.05. The highest BCUT2D eigenvalue weighted by Crippen LogP contribution is 2.15. The van der Waals surface area contributed by atoms with Gasteiger partial charge in [-0.05, 0) is 37.0 Å². The van der Waals surface area contributed by atoms with Crippen LogP contribution in [0.15, 0.2) is 24.3 Å². The number of hydrogen-bond donors (Lipinski definition) is 0. The summed E-state index contributed by atoms with van der Waals surface area (Å²) in [5.41, 5.74) is 1.02. The van der Waals surface area contributed by atoms with E-state index in [1.165, 1.54) is 38.5 Å². The monoisotopic (exact) mass is 341 g/mol. The minimum atomic E-state index is -4.10. The minimum absolute atomic E-state index is 0.302. The number of hydrogen-bond acceptors (Lipinski definition) is 4. The van der Waals surface area contributed by atoms with Crippen molar-refractivity contribution in [2.75, 3.05) is 12.4 Å². The second kappa shape index (κ2) is 11.5. The van der Waals surface area contributed by atoms with Crippen molar-refractivity contribution < 1.29 is 17.7 Å². The lowest BCUT2D eigenvalue weighted by Gasteiger charge is -2.08. The zero-order valence-corrected chi connectivity index (χ0v) is 14.9. The average molecular weight is 341 g/mol. The summed E-state index contributed by atoms with van der Waals surface area (Å²) >= 11 is 0. The van der Waals surface area contributed by atoms with E-state index in [4.69, 9.17) is 4.74 Å². The van der Waals surface area contributed by atoms with Gasteiger partial charge < -0.3 is 9.29 Å². The van der Waals surface area contributed by atoms with E-state index in [1.807, 2.05) is 24.3 Å². The van der Waals surface area contributed by atoms with Crippen molar-refractivity contribution >= 4 is 10.1 Å². The molecule has 0 heterocycles. The molecular formula is C18H29O4S-. The molecule has 0 saturated carbocycles. The summed E-state index contributed by atoms with van der Waals surface area (Å²) in [5.74, 6) is 0.542. The standard InChI is InChI=1S/C18H30O4S/c1-2-3-4-5-6-7-8-15-22-18-13-11-17(12-14-18)10-9-16-23(19,20)21/h11-14H,2-10,15-16H2,1H3,(H,19,20,21)/p-1. The molecular weight excluding hydrogens is 312 g/mol. The molecule has 1 aromatic rings. The number of ether oxygens (including phenoxy) is 1. The third kappa shape index (κ3) is 11.2. The van der Waals surface area contributed by atoms with Gasteiger partial charge in [-0.3, -0.25) is 0 Å². The van der Waals surface area contributed by atoms with Crippen LogP contribution in [0.3, 0.4) is 0 Å². The molecule has 23 heavy (non-hydrogen) atoms. The van der Waals surface area contributed by atoms with Crippen LogP contribution >= 0.6 is 0 Å². The van der Waals surface area contributed by atoms with Crippen LogP contribution in [0.5, 0.6) is 5.75 Å². The first-order valence-corrected chi connectivity index (χ1v) is 10.2. The molecule has 0 N–H and O–H groups in total. The first-order valence-electron chi connectivity index (χ1n) is 8.66. The number of rotatable bonds is 13. The largest absolute Gasteiger partial charge is 0.748 e. The van der Waals surface area contributed by atoms with E-state index < -0.39 is 10.1 Å². The Labute approximate surface area is 141 Å². The Balaban J connectivity index is 2.12. The molecule has 0 radical (unpaired) electrons. The first-order chi connectivity index (χ1) is 11.0. The summed E-state index contributed by atoms with van der Waals surface area (Å²) in [6, 6.07) is 7.67. The van der Waals surface area contributed by atoms with Crippen LogP contribution < -0.4 is 4.74 Å². The summed E-state index contributed by atoms with van der Waals surface area (Å²) < 4.78 is 37.3. The number of aryl methyl sites for hydroxylation is 1. The second-order valence-electron chi connectivity index (χ2n) is 5.98. The molecule has 0 bridgehead atoms. The molecule has 4 nitrogen and oxygen atoms in total. The maximum absolute atomic E-state index is 10.5. The van der Waals surface area contributed by atoms with E-state index in [0.29, 0.717) is 12.8 Å². The topological polar surface area (TPSA) is 66.4 Å². The van der Waals surface area contributed by atoms with Crippen molar-refractivity contribution in [3.63, 3.8) is 0 Å². The van der Waals surface area contributed by atoms with Gasteiger partial charge in [-0.2, -0.15) is 0 Å². The molecule has 0 unspecified atom stereocenters. The zero-order chi connectivity index (χ0) is 17.0. The van der Waals surface area contributed by atoms with E-state index in [1.54, 1.807) is 0 Å². The van der Waals surface area contributed by atoms with Crippen molar-refractivity contribution in [2.24, 2.45) is 0 Å². The Hall–Kier alpha value is -1.07. The molecule has 132 valence electrons. The smallest absolute Gasteiger partial charge is 0.119 e. The van der Waals surface area contributed by atoms with Gasteiger partial charge in [0.15, 0.2) is 0 Å². The van der Waals surface area contributed by atoms with Crippen molar-refractivity contribution in [1.29, 1.82) is 0 Å². The molecule has 1 rings (SSSR count). The van der Waals surface area contributed by atoms with Gasteiger partial charge in [0.1, 0.15) is 5.75 Å². The predicted molar refractivity (Wildman–Crippen MR) is 92.8 cm³/mol. The molecule has 0 aliphatic heterocycles. The van der Waals surface area contributed by atoms with Gasteiger partial charge in [0, 0.05) is 5.75 Å². The third-order valence-corrected chi connectivity index (χ3v) is 4.59. The molecule has 0 aromatic heterocycles. The summed E-state index contributed by atoms with van der Waals surface area (Å²) in [5, 5.41) is 0. The molecule has 0 saturated heterocycles. The van der Waals surface area contributed by atoms with Crippen LogP contribution in [0.2, 0.25) is 0 Å². The Morgan fingerprint density at radius 3 is 2.13 bits per heavy atom. The maximum atomic E-state index is 10.5. The summed E-state index contributed by atoms with van der Waals surface area (Å²) in [6.45, 7) is 2.96. The van der Waals surface area contributed by atoms with E-state index in [2.05, 4.69) is 6.92 Å². The normalized spacial score (nSPS) is 11.6. The summed E-state index contributed by atoms with van der Waals surface area (Å²) in [7, 11) is -4.10. The summed E-state index contributed by atoms with van der Waals surface area (Å²) in [6.07, 6.45) is 9.82. The van der Waals surface area contributed by atoms with Crippen molar-refractivity contribution in [2.45, 2.75) is 64.7 Å². The van der Waals surface area contributed by atoms with E-state index >= 15 is 0 Å². The van der Waals surface area contributed by atoms with Crippen LogP contribution in [0.4, 0.5) is 0 Å². The fraction of sp³-hybridized carbons (Fsp3) is 0.667. The molecule has 0 aliphatic rings. The van der Waals surface area contributed by atoms with Crippen molar-refractivity contribution in [3.05, 3.63) is 29.8 Å². The Morgan fingerprint density at radius 2 is 1.52 bits per heavy atom. The van der Waals surface area contributed by atoms with Gasteiger partial charge in [-0.15, -0.1) is 0 Å². The third-order valence-electron chi connectivity index (χ3n) is 3.80. The fourth-order valence-corrected chi connectivity index (χ4v) is 2.95. The number of benzene rings is 1. The van der Waals surface area contributed by atoms with Crippen LogP contribution in [0.25, 0.3) is 0 Å². The Kier molecular flexibility index (Phi) is 9.96. The van der Waals surface area contributed by atoms with Crippen LogP contribution in [0.1, 0.15) is 63.9 Å².